The molecular weight excluding hydrogens is 254 g/mol. The lowest BCUT2D eigenvalue weighted by molar-refractivity contribution is 0.102. The van der Waals surface area contributed by atoms with Gasteiger partial charge in [-0.15, -0.1) is 0 Å². The number of amides is 1. The Bertz CT molecular complexity index is 687. The number of carbonyl (C=O) groups excluding carboxylic acids is 1. The van der Waals surface area contributed by atoms with E-state index in [0.717, 1.165) is 0 Å². The Morgan fingerprint density at radius 3 is 2.90 bits per heavy atom. The highest BCUT2D eigenvalue weighted by molar-refractivity contribution is 6.05. The Morgan fingerprint density at radius 2 is 2.15 bits per heavy atom. The summed E-state index contributed by atoms with van der Waals surface area (Å²) in [6.07, 6.45) is 1.54. The number of aromatic nitrogens is 1. The Kier molecular flexibility index (Phi) is 4.32. The summed E-state index contributed by atoms with van der Waals surface area (Å²) >= 11 is 0. The van der Waals surface area contributed by atoms with Crippen molar-refractivity contribution < 1.29 is 9.90 Å². The highest BCUT2D eigenvalue weighted by Crippen LogP contribution is 2.17. The standard InChI is InChI=1S/C15H13N3O2/c16-8-3-4-11-7-9-17-14(10-11)18-15(20)12-5-1-2-6-13(12)19/h1-2,5-7,9-10,19H,8,16H2,(H,17,18,20). The van der Waals surface area contributed by atoms with E-state index in [1.165, 1.54) is 12.1 Å². The molecule has 0 atom stereocenters. The molecule has 20 heavy (non-hydrogen) atoms. The third-order valence-electron chi connectivity index (χ3n) is 2.49. The predicted octanol–water partition coefficient (Wildman–Crippen LogP) is 1.35. The molecule has 1 aromatic heterocycles. The number of phenols is 1. The second-order valence-electron chi connectivity index (χ2n) is 3.91. The molecule has 100 valence electrons. The lowest BCUT2D eigenvalue weighted by atomic mass is 10.2. The number of benzene rings is 1. The number of hydrogen-bond donors (Lipinski definition) is 3. The number of carbonyl (C=O) groups is 1. The molecule has 1 amide bonds. The van der Waals surface area contributed by atoms with Gasteiger partial charge in [-0.3, -0.25) is 4.79 Å². The number of phenolic OH excluding ortho intramolecular Hbond substituents is 1. The smallest absolute Gasteiger partial charge is 0.260 e. The van der Waals surface area contributed by atoms with Crippen LogP contribution in [0.4, 0.5) is 5.82 Å². The van der Waals surface area contributed by atoms with Gasteiger partial charge in [0.05, 0.1) is 12.1 Å². The van der Waals surface area contributed by atoms with Crippen LogP contribution in [0.1, 0.15) is 15.9 Å². The van der Waals surface area contributed by atoms with Crippen molar-refractivity contribution in [1.82, 2.24) is 4.98 Å². The van der Waals surface area contributed by atoms with Crippen LogP contribution in [0.3, 0.4) is 0 Å². The lowest BCUT2D eigenvalue weighted by Gasteiger charge is -2.06. The molecule has 0 unspecified atom stereocenters. The van der Waals surface area contributed by atoms with Gasteiger partial charge in [-0.2, -0.15) is 0 Å². The largest absolute Gasteiger partial charge is 0.507 e. The van der Waals surface area contributed by atoms with E-state index in [1.807, 2.05) is 0 Å². The number of aromatic hydroxyl groups is 1. The molecule has 2 aromatic rings. The summed E-state index contributed by atoms with van der Waals surface area (Å²) in [5.41, 5.74) is 6.20. The van der Waals surface area contributed by atoms with Crippen molar-refractivity contribution in [2.45, 2.75) is 0 Å². The molecule has 5 heteroatoms. The van der Waals surface area contributed by atoms with Crippen LogP contribution in [0.15, 0.2) is 42.6 Å². The van der Waals surface area contributed by atoms with Crippen molar-refractivity contribution in [3.63, 3.8) is 0 Å². The summed E-state index contributed by atoms with van der Waals surface area (Å²) in [5.74, 6) is 5.43. The molecule has 0 saturated carbocycles. The lowest BCUT2D eigenvalue weighted by Crippen LogP contribution is -2.13. The van der Waals surface area contributed by atoms with E-state index >= 15 is 0 Å². The van der Waals surface area contributed by atoms with Gasteiger partial charge in [-0.05, 0) is 24.3 Å². The van der Waals surface area contributed by atoms with Gasteiger partial charge >= 0.3 is 0 Å². The van der Waals surface area contributed by atoms with Gasteiger partial charge < -0.3 is 16.2 Å². The van der Waals surface area contributed by atoms with Crippen LogP contribution in [-0.2, 0) is 0 Å². The molecule has 0 saturated heterocycles. The average molecular weight is 267 g/mol. The molecule has 1 aromatic carbocycles. The van der Waals surface area contributed by atoms with E-state index in [4.69, 9.17) is 5.73 Å². The van der Waals surface area contributed by atoms with Crippen LogP contribution in [0, 0.1) is 11.8 Å². The second-order valence-corrected chi connectivity index (χ2v) is 3.91. The molecule has 4 N–H and O–H groups in total. The quantitative estimate of drug-likeness (QED) is 0.717. The van der Waals surface area contributed by atoms with E-state index in [-0.39, 0.29) is 17.9 Å². The third-order valence-corrected chi connectivity index (χ3v) is 2.49. The van der Waals surface area contributed by atoms with Crippen LogP contribution in [0.2, 0.25) is 0 Å². The molecule has 0 radical (unpaired) electrons. The third kappa shape index (κ3) is 3.34. The van der Waals surface area contributed by atoms with Gasteiger partial charge in [-0.25, -0.2) is 4.98 Å². The molecule has 0 aliphatic heterocycles. The number of nitrogens with two attached hydrogens (primary N) is 1. The van der Waals surface area contributed by atoms with Crippen molar-refractivity contribution in [3.05, 3.63) is 53.7 Å². The highest BCUT2D eigenvalue weighted by Gasteiger charge is 2.10. The van der Waals surface area contributed by atoms with Gasteiger partial charge in [0, 0.05) is 11.8 Å². The van der Waals surface area contributed by atoms with Crippen molar-refractivity contribution in [1.29, 1.82) is 0 Å². The minimum absolute atomic E-state index is 0.0796. The predicted molar refractivity (Wildman–Crippen MR) is 76.2 cm³/mol. The fourth-order valence-electron chi connectivity index (χ4n) is 1.58. The first-order valence-electron chi connectivity index (χ1n) is 5.95. The summed E-state index contributed by atoms with van der Waals surface area (Å²) in [5, 5.41) is 12.2. The molecule has 5 nitrogen and oxygen atoms in total. The number of pyridine rings is 1. The van der Waals surface area contributed by atoms with E-state index in [0.29, 0.717) is 11.4 Å². The molecule has 0 spiro atoms. The number of para-hydroxylation sites is 1. The Hall–Kier alpha value is -2.84. The normalized spacial score (nSPS) is 9.45. The number of rotatable bonds is 2. The maximum Gasteiger partial charge on any atom is 0.260 e. The number of nitrogens with one attached hydrogen (secondary N) is 1. The van der Waals surface area contributed by atoms with E-state index in [2.05, 4.69) is 22.1 Å². The summed E-state index contributed by atoms with van der Waals surface area (Å²) in [4.78, 5) is 16.0. The maximum atomic E-state index is 12.0. The zero-order valence-electron chi connectivity index (χ0n) is 10.6. The maximum absolute atomic E-state index is 12.0. The second kappa shape index (κ2) is 6.36. The summed E-state index contributed by atoms with van der Waals surface area (Å²) in [7, 11) is 0. The van der Waals surface area contributed by atoms with E-state index in [9.17, 15) is 9.90 Å². The SMILES string of the molecule is NCC#Cc1ccnc(NC(=O)c2ccccc2O)c1. The minimum atomic E-state index is -0.431. The van der Waals surface area contributed by atoms with Gasteiger partial charge in [0.2, 0.25) is 0 Å². The first-order valence-corrected chi connectivity index (χ1v) is 5.95. The number of hydrogen-bond acceptors (Lipinski definition) is 4. The van der Waals surface area contributed by atoms with Gasteiger partial charge in [0.25, 0.3) is 5.91 Å². The first kappa shape index (κ1) is 13.6. The molecule has 0 aliphatic rings. The minimum Gasteiger partial charge on any atom is -0.507 e. The fraction of sp³-hybridized carbons (Fsp3) is 0.0667. The topological polar surface area (TPSA) is 88.2 Å². The van der Waals surface area contributed by atoms with Crippen LogP contribution in [0.25, 0.3) is 0 Å². The average Bonchev–Trinajstić information content (AvgIpc) is 2.46. The zero-order chi connectivity index (χ0) is 14.4. The summed E-state index contributed by atoms with van der Waals surface area (Å²) in [6, 6.07) is 9.66. The molecular formula is C15H13N3O2. The van der Waals surface area contributed by atoms with Gasteiger partial charge in [-0.1, -0.05) is 24.0 Å². The number of anilines is 1. The van der Waals surface area contributed by atoms with Crippen molar-refractivity contribution in [2.24, 2.45) is 5.73 Å². The molecule has 0 fully saturated rings. The first-order chi connectivity index (χ1) is 9.70. The van der Waals surface area contributed by atoms with E-state index in [1.54, 1.807) is 30.5 Å². The van der Waals surface area contributed by atoms with E-state index < -0.39 is 5.91 Å². The molecule has 1 heterocycles. The molecule has 2 rings (SSSR count). The Balaban J connectivity index is 2.18. The van der Waals surface area contributed by atoms with Gasteiger partial charge in [0.15, 0.2) is 0 Å². The van der Waals surface area contributed by atoms with Crippen LogP contribution in [0.5, 0.6) is 5.75 Å². The van der Waals surface area contributed by atoms with Crippen molar-refractivity contribution in [3.8, 4) is 17.6 Å². The van der Waals surface area contributed by atoms with Gasteiger partial charge in [0.1, 0.15) is 11.6 Å². The molecule has 0 aliphatic carbocycles. The fourth-order valence-corrected chi connectivity index (χ4v) is 1.58. The zero-order valence-corrected chi connectivity index (χ0v) is 10.6. The van der Waals surface area contributed by atoms with Crippen LogP contribution >= 0.6 is 0 Å². The summed E-state index contributed by atoms with van der Waals surface area (Å²) in [6.45, 7) is 0.266. The Morgan fingerprint density at radius 1 is 1.35 bits per heavy atom. The summed E-state index contributed by atoms with van der Waals surface area (Å²) < 4.78 is 0. The van der Waals surface area contributed by atoms with Crippen molar-refractivity contribution in [2.75, 3.05) is 11.9 Å². The number of nitrogens with zero attached hydrogens (tertiary/aromatic N) is 1. The molecule has 0 bridgehead atoms. The van der Waals surface area contributed by atoms with Crippen LogP contribution in [-0.4, -0.2) is 22.5 Å². The van der Waals surface area contributed by atoms with Crippen LogP contribution < -0.4 is 11.1 Å². The Labute approximate surface area is 116 Å². The van der Waals surface area contributed by atoms with Crippen molar-refractivity contribution >= 4 is 11.7 Å². The monoisotopic (exact) mass is 267 g/mol. The highest BCUT2D eigenvalue weighted by atomic mass is 16.3.